The summed E-state index contributed by atoms with van der Waals surface area (Å²) in [7, 11) is 0. The van der Waals surface area contributed by atoms with E-state index in [0.29, 0.717) is 19.1 Å². The first kappa shape index (κ1) is 17.5. The Bertz CT molecular complexity index is 681. The highest BCUT2D eigenvalue weighted by molar-refractivity contribution is 7.13. The molecule has 0 aliphatic carbocycles. The lowest BCUT2D eigenvalue weighted by Crippen LogP contribution is -2.51. The van der Waals surface area contributed by atoms with Crippen LogP contribution in [-0.4, -0.2) is 55.2 Å². The molecule has 1 saturated heterocycles. The smallest absolute Gasteiger partial charge is 0.191 e. The number of hydrogen-bond acceptors (Lipinski definition) is 5. The van der Waals surface area contributed by atoms with Crippen LogP contribution in [0.4, 0.5) is 5.13 Å². The third-order valence-corrected chi connectivity index (χ3v) is 5.05. The fraction of sp³-hybridized carbons (Fsp3) is 0.444. The van der Waals surface area contributed by atoms with Crippen LogP contribution >= 0.6 is 11.3 Å². The van der Waals surface area contributed by atoms with Crippen molar-refractivity contribution in [3.05, 3.63) is 41.4 Å². The first-order valence-electron chi connectivity index (χ1n) is 8.68. The molecule has 134 valence electrons. The molecule has 3 rings (SSSR count). The fourth-order valence-electron chi connectivity index (χ4n) is 2.90. The Balaban J connectivity index is 1.49. The van der Waals surface area contributed by atoms with Gasteiger partial charge in [0.1, 0.15) is 5.75 Å². The minimum atomic E-state index is 0.632. The number of para-hydroxylation sites is 1. The first-order chi connectivity index (χ1) is 12.3. The van der Waals surface area contributed by atoms with E-state index in [-0.39, 0.29) is 0 Å². The van der Waals surface area contributed by atoms with Crippen LogP contribution in [-0.2, 0) is 6.42 Å². The minimum absolute atomic E-state index is 0.632. The van der Waals surface area contributed by atoms with E-state index in [0.717, 1.165) is 43.5 Å². The van der Waals surface area contributed by atoms with Crippen molar-refractivity contribution in [3.8, 4) is 5.75 Å². The van der Waals surface area contributed by atoms with Gasteiger partial charge in [0.25, 0.3) is 0 Å². The molecule has 7 heteroatoms. The number of benzene rings is 1. The molecule has 1 aromatic heterocycles. The standard InChI is InChI=1S/C18H25N5OS/c1-2-24-16-6-4-3-5-15(16)7-8-20-17(19)22-10-12-23(13-11-22)18-21-9-14-25-18/h3-6,9,14H,2,7-8,10-13H2,1H3,(H2,19,20). The van der Waals surface area contributed by atoms with E-state index in [1.807, 2.05) is 36.7 Å². The number of piperazine rings is 1. The van der Waals surface area contributed by atoms with Crippen LogP contribution < -0.4 is 15.4 Å². The molecular weight excluding hydrogens is 334 g/mol. The van der Waals surface area contributed by atoms with Gasteiger partial charge in [-0.3, -0.25) is 4.99 Å². The van der Waals surface area contributed by atoms with Gasteiger partial charge in [0.15, 0.2) is 11.1 Å². The van der Waals surface area contributed by atoms with E-state index in [4.69, 9.17) is 10.5 Å². The number of nitrogens with two attached hydrogens (primary N) is 1. The number of guanidine groups is 1. The summed E-state index contributed by atoms with van der Waals surface area (Å²) in [5.74, 6) is 1.57. The number of hydrogen-bond donors (Lipinski definition) is 1. The normalized spacial score (nSPS) is 15.5. The second-order valence-corrected chi connectivity index (χ2v) is 6.69. The highest BCUT2D eigenvalue weighted by Crippen LogP contribution is 2.19. The van der Waals surface area contributed by atoms with Crippen LogP contribution in [0.1, 0.15) is 12.5 Å². The second-order valence-electron chi connectivity index (χ2n) is 5.82. The van der Waals surface area contributed by atoms with Crippen LogP contribution in [0.3, 0.4) is 0 Å². The number of rotatable bonds is 6. The van der Waals surface area contributed by atoms with Crippen molar-refractivity contribution in [3.63, 3.8) is 0 Å². The van der Waals surface area contributed by atoms with E-state index >= 15 is 0 Å². The van der Waals surface area contributed by atoms with Crippen molar-refractivity contribution < 1.29 is 4.74 Å². The molecular formula is C18H25N5OS. The molecule has 1 aliphatic heterocycles. The van der Waals surface area contributed by atoms with Gasteiger partial charge < -0.3 is 20.3 Å². The lowest BCUT2D eigenvalue weighted by Gasteiger charge is -2.35. The predicted octanol–water partition coefficient (Wildman–Crippen LogP) is 2.22. The lowest BCUT2D eigenvalue weighted by atomic mass is 10.1. The summed E-state index contributed by atoms with van der Waals surface area (Å²) in [5.41, 5.74) is 7.36. The predicted molar refractivity (Wildman–Crippen MR) is 104 cm³/mol. The van der Waals surface area contributed by atoms with Crippen molar-refractivity contribution in [1.29, 1.82) is 0 Å². The average molecular weight is 359 g/mol. The number of ether oxygens (including phenoxy) is 1. The number of thiazole rings is 1. The summed E-state index contributed by atoms with van der Waals surface area (Å²) in [6.45, 7) is 6.95. The maximum atomic E-state index is 6.19. The first-order valence-corrected chi connectivity index (χ1v) is 9.56. The van der Waals surface area contributed by atoms with Crippen LogP contribution in [0.25, 0.3) is 0 Å². The third kappa shape index (κ3) is 4.63. The molecule has 2 aromatic rings. The molecule has 1 fully saturated rings. The summed E-state index contributed by atoms with van der Waals surface area (Å²) in [4.78, 5) is 13.4. The van der Waals surface area contributed by atoms with Gasteiger partial charge >= 0.3 is 0 Å². The molecule has 0 saturated carbocycles. The molecule has 0 spiro atoms. The summed E-state index contributed by atoms with van der Waals surface area (Å²) in [5, 5.41) is 3.10. The van der Waals surface area contributed by atoms with Crippen molar-refractivity contribution in [2.45, 2.75) is 13.3 Å². The Morgan fingerprint density at radius 2 is 2.08 bits per heavy atom. The average Bonchev–Trinajstić information content (AvgIpc) is 3.18. The zero-order chi connectivity index (χ0) is 17.5. The second kappa shape index (κ2) is 8.71. The third-order valence-electron chi connectivity index (χ3n) is 4.22. The van der Waals surface area contributed by atoms with E-state index < -0.39 is 0 Å². The van der Waals surface area contributed by atoms with Crippen LogP contribution in [0.15, 0.2) is 40.8 Å². The number of aliphatic imine (C=N–C) groups is 1. The highest BCUT2D eigenvalue weighted by atomic mass is 32.1. The SMILES string of the molecule is CCOc1ccccc1CCN=C(N)N1CCN(c2nccs2)CC1. The Labute approximate surface area is 152 Å². The van der Waals surface area contributed by atoms with Gasteiger partial charge in [-0.1, -0.05) is 18.2 Å². The Kier molecular flexibility index (Phi) is 6.11. The van der Waals surface area contributed by atoms with Crippen molar-refractivity contribution in [1.82, 2.24) is 9.88 Å². The molecule has 1 aliphatic rings. The van der Waals surface area contributed by atoms with Gasteiger partial charge in [0.05, 0.1) is 6.61 Å². The Hall–Kier alpha value is -2.28. The van der Waals surface area contributed by atoms with Gasteiger partial charge in [-0.25, -0.2) is 4.98 Å². The van der Waals surface area contributed by atoms with Crippen LogP contribution in [0.2, 0.25) is 0 Å². The summed E-state index contributed by atoms with van der Waals surface area (Å²) < 4.78 is 5.66. The zero-order valence-corrected chi connectivity index (χ0v) is 15.4. The van der Waals surface area contributed by atoms with E-state index in [2.05, 4.69) is 25.8 Å². The monoisotopic (exact) mass is 359 g/mol. The minimum Gasteiger partial charge on any atom is -0.494 e. The number of nitrogens with zero attached hydrogens (tertiary/aromatic N) is 4. The Morgan fingerprint density at radius 1 is 1.28 bits per heavy atom. The Morgan fingerprint density at radius 3 is 2.80 bits per heavy atom. The number of anilines is 1. The van der Waals surface area contributed by atoms with Crippen LogP contribution in [0.5, 0.6) is 5.75 Å². The molecule has 0 radical (unpaired) electrons. The van der Waals surface area contributed by atoms with Gasteiger partial charge in [-0.2, -0.15) is 0 Å². The molecule has 2 heterocycles. The molecule has 25 heavy (non-hydrogen) atoms. The molecule has 0 atom stereocenters. The van der Waals surface area contributed by atoms with Gasteiger partial charge in [0.2, 0.25) is 0 Å². The maximum absolute atomic E-state index is 6.19. The summed E-state index contributed by atoms with van der Waals surface area (Å²) >= 11 is 1.68. The summed E-state index contributed by atoms with van der Waals surface area (Å²) in [6, 6.07) is 8.12. The molecule has 0 bridgehead atoms. The molecule has 1 aromatic carbocycles. The molecule has 6 nitrogen and oxygen atoms in total. The molecule has 2 N–H and O–H groups in total. The van der Waals surface area contributed by atoms with Crippen molar-refractivity contribution >= 4 is 22.4 Å². The van der Waals surface area contributed by atoms with Gasteiger partial charge in [0, 0.05) is 44.3 Å². The molecule has 0 amide bonds. The quantitative estimate of drug-likeness (QED) is 0.633. The largest absolute Gasteiger partial charge is 0.494 e. The summed E-state index contributed by atoms with van der Waals surface area (Å²) in [6.07, 6.45) is 2.68. The topological polar surface area (TPSA) is 67.0 Å². The van der Waals surface area contributed by atoms with Crippen molar-refractivity contribution in [2.75, 3.05) is 44.2 Å². The van der Waals surface area contributed by atoms with Crippen LogP contribution in [0, 0.1) is 0 Å². The lowest BCUT2D eigenvalue weighted by molar-refractivity contribution is 0.336. The van der Waals surface area contributed by atoms with Crippen molar-refractivity contribution in [2.24, 2.45) is 10.7 Å². The van der Waals surface area contributed by atoms with E-state index in [9.17, 15) is 0 Å². The number of aromatic nitrogens is 1. The van der Waals surface area contributed by atoms with Gasteiger partial charge in [-0.05, 0) is 25.0 Å². The highest BCUT2D eigenvalue weighted by Gasteiger charge is 2.19. The van der Waals surface area contributed by atoms with E-state index in [1.54, 1.807) is 11.3 Å². The van der Waals surface area contributed by atoms with E-state index in [1.165, 1.54) is 5.56 Å². The maximum Gasteiger partial charge on any atom is 0.191 e. The van der Waals surface area contributed by atoms with Gasteiger partial charge in [-0.15, -0.1) is 11.3 Å². The fourth-order valence-corrected chi connectivity index (χ4v) is 3.59. The molecule has 0 unspecified atom stereocenters. The zero-order valence-electron chi connectivity index (χ0n) is 14.6.